The predicted molar refractivity (Wildman–Crippen MR) is 84.1 cm³/mol. The van der Waals surface area contributed by atoms with E-state index in [1.54, 1.807) is 0 Å². The highest BCUT2D eigenvalue weighted by Gasteiger charge is 2.34. The van der Waals surface area contributed by atoms with Crippen LogP contribution in [-0.4, -0.2) is 19.6 Å². The van der Waals surface area contributed by atoms with Crippen LogP contribution in [0.3, 0.4) is 0 Å². The van der Waals surface area contributed by atoms with Crippen molar-refractivity contribution in [3.05, 3.63) is 27.7 Å². The first-order chi connectivity index (χ1) is 9.76. The Balaban J connectivity index is 2.34. The maximum Gasteiger partial charge on any atom is 0.242 e. The second-order valence-corrected chi connectivity index (χ2v) is 8.17. The van der Waals surface area contributed by atoms with Gasteiger partial charge in [-0.05, 0) is 42.4 Å². The summed E-state index contributed by atoms with van der Waals surface area (Å²) in [5.41, 5.74) is 0.303. The zero-order chi connectivity index (χ0) is 15.8. The maximum absolute atomic E-state index is 12.5. The molecule has 1 fully saturated rings. The third-order valence-corrected chi connectivity index (χ3v) is 6.60. The monoisotopic (exact) mass is 351 g/mol. The molecule has 3 unspecified atom stereocenters. The zero-order valence-electron chi connectivity index (χ0n) is 11.9. The van der Waals surface area contributed by atoms with Gasteiger partial charge >= 0.3 is 0 Å². The standard InChI is InChI=1S/C14H19Cl2NO3S/c1-8-3-4-12(9(8)2)17-21(19,20)13-6-11(15)5-10(7-18)14(13)16/h5-6,8-9,12,17-18H,3-4,7H2,1-2H3. The van der Waals surface area contributed by atoms with Crippen LogP contribution in [-0.2, 0) is 16.6 Å². The third kappa shape index (κ3) is 3.54. The van der Waals surface area contributed by atoms with Gasteiger partial charge in [-0.2, -0.15) is 0 Å². The Hall–Kier alpha value is -0.330. The first-order valence-electron chi connectivity index (χ1n) is 6.87. The molecule has 2 N–H and O–H groups in total. The molecule has 0 bridgehead atoms. The fourth-order valence-corrected chi connectivity index (χ4v) is 5.01. The summed E-state index contributed by atoms with van der Waals surface area (Å²) in [6.07, 6.45) is 1.81. The van der Waals surface area contributed by atoms with Gasteiger partial charge in [0, 0.05) is 11.1 Å². The van der Waals surface area contributed by atoms with Gasteiger partial charge in [-0.15, -0.1) is 0 Å². The summed E-state index contributed by atoms with van der Waals surface area (Å²) in [6.45, 7) is 3.80. The number of aliphatic hydroxyl groups excluding tert-OH is 1. The van der Waals surface area contributed by atoms with Crippen LogP contribution in [0.1, 0.15) is 32.3 Å². The van der Waals surface area contributed by atoms with E-state index in [1.807, 2.05) is 6.92 Å². The minimum Gasteiger partial charge on any atom is -0.392 e. The van der Waals surface area contributed by atoms with Crippen molar-refractivity contribution in [3.63, 3.8) is 0 Å². The Kier molecular flexibility index (Phi) is 5.21. The normalized spacial score (nSPS) is 26.2. The molecule has 1 aromatic carbocycles. The molecule has 0 saturated heterocycles. The average molecular weight is 352 g/mol. The lowest BCUT2D eigenvalue weighted by Gasteiger charge is -2.20. The van der Waals surface area contributed by atoms with E-state index in [4.69, 9.17) is 23.2 Å². The van der Waals surface area contributed by atoms with E-state index in [0.717, 1.165) is 12.8 Å². The van der Waals surface area contributed by atoms with Crippen LogP contribution in [0.2, 0.25) is 10.0 Å². The molecule has 1 aliphatic carbocycles. The number of sulfonamides is 1. The Labute approximate surface area is 135 Å². The Morgan fingerprint density at radius 2 is 1.95 bits per heavy atom. The molecule has 0 radical (unpaired) electrons. The molecule has 1 saturated carbocycles. The summed E-state index contributed by atoms with van der Waals surface area (Å²) in [4.78, 5) is -0.0764. The Bertz CT molecular complexity index is 633. The minimum atomic E-state index is -3.76. The number of hydrogen-bond donors (Lipinski definition) is 2. The van der Waals surface area contributed by atoms with Gasteiger partial charge in [-0.3, -0.25) is 0 Å². The Morgan fingerprint density at radius 1 is 1.29 bits per heavy atom. The molecule has 21 heavy (non-hydrogen) atoms. The van der Waals surface area contributed by atoms with Crippen molar-refractivity contribution in [2.24, 2.45) is 11.8 Å². The molecule has 1 aromatic rings. The van der Waals surface area contributed by atoms with Gasteiger partial charge in [0.25, 0.3) is 0 Å². The number of hydrogen-bond acceptors (Lipinski definition) is 3. The maximum atomic E-state index is 12.5. The average Bonchev–Trinajstić information content (AvgIpc) is 2.72. The second-order valence-electron chi connectivity index (χ2n) is 5.68. The number of nitrogens with one attached hydrogen (secondary N) is 1. The van der Waals surface area contributed by atoms with Crippen molar-refractivity contribution in [2.75, 3.05) is 0 Å². The van der Waals surface area contributed by atoms with Crippen LogP contribution < -0.4 is 4.72 Å². The summed E-state index contributed by atoms with van der Waals surface area (Å²) in [7, 11) is -3.76. The molecule has 0 spiro atoms. The predicted octanol–water partition coefficient (Wildman–Crippen LogP) is 3.20. The number of halogens is 2. The van der Waals surface area contributed by atoms with E-state index >= 15 is 0 Å². The molecule has 2 rings (SSSR count). The number of aliphatic hydroxyl groups is 1. The van der Waals surface area contributed by atoms with Crippen LogP contribution in [0.25, 0.3) is 0 Å². The first-order valence-corrected chi connectivity index (χ1v) is 9.11. The van der Waals surface area contributed by atoms with Crippen molar-refractivity contribution in [1.82, 2.24) is 4.72 Å². The van der Waals surface area contributed by atoms with Crippen molar-refractivity contribution < 1.29 is 13.5 Å². The van der Waals surface area contributed by atoms with Gasteiger partial charge in [0.15, 0.2) is 0 Å². The number of benzene rings is 1. The van der Waals surface area contributed by atoms with Crippen LogP contribution in [0, 0.1) is 11.8 Å². The summed E-state index contributed by atoms with van der Waals surface area (Å²) in [5.74, 6) is 0.760. The largest absolute Gasteiger partial charge is 0.392 e. The van der Waals surface area contributed by atoms with E-state index < -0.39 is 10.0 Å². The molecule has 3 atom stereocenters. The summed E-state index contributed by atoms with van der Waals surface area (Å²) < 4.78 is 27.8. The minimum absolute atomic E-state index is 0.0214. The van der Waals surface area contributed by atoms with E-state index in [9.17, 15) is 13.5 Å². The second kappa shape index (κ2) is 6.42. The highest BCUT2D eigenvalue weighted by Crippen LogP contribution is 2.34. The van der Waals surface area contributed by atoms with Crippen molar-refractivity contribution in [1.29, 1.82) is 0 Å². The molecule has 0 aromatic heterocycles. The summed E-state index contributed by atoms with van der Waals surface area (Å²) >= 11 is 12.0. The first kappa shape index (κ1) is 17.0. The van der Waals surface area contributed by atoms with E-state index in [2.05, 4.69) is 11.6 Å². The van der Waals surface area contributed by atoms with E-state index in [1.165, 1.54) is 12.1 Å². The topological polar surface area (TPSA) is 66.4 Å². The fraction of sp³-hybridized carbons (Fsp3) is 0.571. The molecule has 4 nitrogen and oxygen atoms in total. The molecule has 0 heterocycles. The lowest BCUT2D eigenvalue weighted by atomic mass is 9.98. The van der Waals surface area contributed by atoms with E-state index in [-0.39, 0.29) is 33.5 Å². The van der Waals surface area contributed by atoms with Crippen molar-refractivity contribution in [2.45, 2.75) is 44.2 Å². The molecule has 7 heteroatoms. The Morgan fingerprint density at radius 3 is 2.48 bits per heavy atom. The third-order valence-electron chi connectivity index (χ3n) is 4.31. The van der Waals surface area contributed by atoms with Gasteiger partial charge in [-0.25, -0.2) is 13.1 Å². The van der Waals surface area contributed by atoms with Gasteiger partial charge in [0.1, 0.15) is 4.90 Å². The van der Waals surface area contributed by atoms with Crippen molar-refractivity contribution >= 4 is 33.2 Å². The lowest BCUT2D eigenvalue weighted by Crippen LogP contribution is -2.37. The molecule has 0 amide bonds. The smallest absolute Gasteiger partial charge is 0.242 e. The number of rotatable bonds is 4. The quantitative estimate of drug-likeness (QED) is 0.875. The zero-order valence-corrected chi connectivity index (χ0v) is 14.3. The summed E-state index contributed by atoms with van der Waals surface area (Å²) in [6, 6.07) is 2.68. The van der Waals surface area contributed by atoms with Crippen LogP contribution >= 0.6 is 23.2 Å². The summed E-state index contributed by atoms with van der Waals surface area (Å²) in [5, 5.41) is 9.49. The van der Waals surface area contributed by atoms with Crippen LogP contribution in [0.15, 0.2) is 17.0 Å². The molecule has 0 aliphatic heterocycles. The van der Waals surface area contributed by atoms with Gasteiger partial charge in [0.2, 0.25) is 10.0 Å². The lowest BCUT2D eigenvalue weighted by molar-refractivity contribution is 0.281. The molecule has 118 valence electrons. The van der Waals surface area contributed by atoms with Crippen molar-refractivity contribution in [3.8, 4) is 0 Å². The van der Waals surface area contributed by atoms with Gasteiger partial charge in [0.05, 0.1) is 11.6 Å². The van der Waals surface area contributed by atoms with Gasteiger partial charge < -0.3 is 5.11 Å². The highest BCUT2D eigenvalue weighted by atomic mass is 35.5. The SMILES string of the molecule is CC1CCC(NS(=O)(=O)c2cc(Cl)cc(CO)c2Cl)C1C. The molecular formula is C14H19Cl2NO3S. The fourth-order valence-electron chi connectivity index (χ4n) is 2.72. The molecule has 1 aliphatic rings. The highest BCUT2D eigenvalue weighted by molar-refractivity contribution is 7.89. The van der Waals surface area contributed by atoms with Gasteiger partial charge in [-0.1, -0.05) is 37.0 Å². The van der Waals surface area contributed by atoms with Crippen LogP contribution in [0.5, 0.6) is 0 Å². The molecular weight excluding hydrogens is 333 g/mol. The van der Waals surface area contributed by atoms with E-state index in [0.29, 0.717) is 11.5 Å². The van der Waals surface area contributed by atoms with Crippen LogP contribution in [0.4, 0.5) is 0 Å².